The number of amides is 1. The Hall–Kier alpha value is -2.41. The number of sulfonamides is 1. The van der Waals surface area contributed by atoms with E-state index < -0.39 is 15.8 Å². The monoisotopic (exact) mass is 348 g/mol. The van der Waals surface area contributed by atoms with Crippen molar-refractivity contribution in [3.8, 4) is 0 Å². The van der Waals surface area contributed by atoms with Crippen LogP contribution in [0.5, 0.6) is 0 Å². The molecule has 0 aliphatic heterocycles. The van der Waals surface area contributed by atoms with Crippen LogP contribution in [-0.2, 0) is 10.0 Å². The first kappa shape index (κ1) is 16.4. The van der Waals surface area contributed by atoms with E-state index in [0.717, 1.165) is 12.8 Å². The van der Waals surface area contributed by atoms with Gasteiger partial charge in [0.05, 0.1) is 4.90 Å². The number of carbonyl (C=O) groups is 1. The largest absolute Gasteiger partial charge is 0.349 e. The third-order valence-electron chi connectivity index (χ3n) is 3.77. The van der Waals surface area contributed by atoms with Crippen molar-refractivity contribution in [3.63, 3.8) is 0 Å². The molecule has 3 rings (SSSR count). The van der Waals surface area contributed by atoms with E-state index >= 15 is 0 Å². The zero-order valence-electron chi connectivity index (χ0n) is 13.0. The average molecular weight is 348 g/mol. The zero-order valence-corrected chi connectivity index (χ0v) is 13.9. The number of carbonyl (C=O) groups excluding carboxylic acids is 1. The second kappa shape index (κ2) is 6.24. The molecule has 0 spiro atoms. The standard InChI is InChI=1S/C17H17FN2O3S/c1-11-2-9-15(10-16(11)17(21)19-13-7-8-13)24(22,23)20-14-5-3-12(18)4-6-14/h2-6,9-10,13,20H,7-8H2,1H3,(H,19,21). The molecule has 1 amide bonds. The Kier molecular flexibility index (Phi) is 4.28. The summed E-state index contributed by atoms with van der Waals surface area (Å²) in [6, 6.07) is 9.59. The zero-order chi connectivity index (χ0) is 17.3. The van der Waals surface area contributed by atoms with Crippen molar-refractivity contribution in [2.24, 2.45) is 0 Å². The molecule has 1 fully saturated rings. The number of anilines is 1. The van der Waals surface area contributed by atoms with Crippen molar-refractivity contribution in [2.45, 2.75) is 30.7 Å². The summed E-state index contributed by atoms with van der Waals surface area (Å²) in [7, 11) is -3.86. The van der Waals surface area contributed by atoms with Gasteiger partial charge in [-0.3, -0.25) is 9.52 Å². The summed E-state index contributed by atoms with van der Waals surface area (Å²) in [5.41, 5.74) is 1.29. The van der Waals surface area contributed by atoms with Crippen LogP contribution in [0, 0.1) is 12.7 Å². The maximum absolute atomic E-state index is 12.9. The summed E-state index contributed by atoms with van der Waals surface area (Å²) in [6.07, 6.45) is 1.91. The van der Waals surface area contributed by atoms with Gasteiger partial charge in [-0.1, -0.05) is 6.07 Å². The minimum Gasteiger partial charge on any atom is -0.349 e. The quantitative estimate of drug-likeness (QED) is 0.872. The molecule has 2 aromatic rings. The molecule has 126 valence electrons. The van der Waals surface area contributed by atoms with Crippen molar-refractivity contribution in [3.05, 3.63) is 59.4 Å². The molecule has 0 bridgehead atoms. The van der Waals surface area contributed by atoms with Crippen LogP contribution in [0.3, 0.4) is 0 Å². The lowest BCUT2D eigenvalue weighted by atomic mass is 10.1. The van der Waals surface area contributed by atoms with Crippen LogP contribution in [0.25, 0.3) is 0 Å². The summed E-state index contributed by atoms with van der Waals surface area (Å²) in [5.74, 6) is -0.721. The van der Waals surface area contributed by atoms with E-state index in [1.54, 1.807) is 13.0 Å². The van der Waals surface area contributed by atoms with Crippen LogP contribution in [0.4, 0.5) is 10.1 Å². The molecule has 2 aromatic carbocycles. The van der Waals surface area contributed by atoms with Crippen LogP contribution in [-0.4, -0.2) is 20.4 Å². The molecule has 0 atom stereocenters. The van der Waals surface area contributed by atoms with E-state index in [1.807, 2.05) is 0 Å². The summed E-state index contributed by atoms with van der Waals surface area (Å²) in [6.45, 7) is 1.76. The highest BCUT2D eigenvalue weighted by molar-refractivity contribution is 7.92. The Labute approximate surface area is 139 Å². The molecular formula is C17H17FN2O3S. The van der Waals surface area contributed by atoms with Gasteiger partial charge in [0.1, 0.15) is 5.82 Å². The molecule has 0 heterocycles. The van der Waals surface area contributed by atoms with Crippen molar-refractivity contribution < 1.29 is 17.6 Å². The Morgan fingerprint density at radius 3 is 2.42 bits per heavy atom. The van der Waals surface area contributed by atoms with E-state index in [4.69, 9.17) is 0 Å². The summed E-state index contributed by atoms with van der Waals surface area (Å²) < 4.78 is 40.2. The van der Waals surface area contributed by atoms with Gasteiger partial charge in [0.2, 0.25) is 0 Å². The molecule has 0 saturated heterocycles. The summed E-state index contributed by atoms with van der Waals surface area (Å²) in [4.78, 5) is 12.2. The second-order valence-corrected chi connectivity index (χ2v) is 7.52. The Bertz CT molecular complexity index is 875. The van der Waals surface area contributed by atoms with Crippen LogP contribution >= 0.6 is 0 Å². The molecule has 7 heteroatoms. The third-order valence-corrected chi connectivity index (χ3v) is 5.15. The number of nitrogens with one attached hydrogen (secondary N) is 2. The first-order chi connectivity index (χ1) is 11.3. The lowest BCUT2D eigenvalue weighted by Crippen LogP contribution is -2.26. The first-order valence-corrected chi connectivity index (χ1v) is 9.03. The van der Waals surface area contributed by atoms with Gasteiger partial charge in [-0.25, -0.2) is 12.8 Å². The smallest absolute Gasteiger partial charge is 0.261 e. The van der Waals surface area contributed by atoms with Crippen molar-refractivity contribution in [1.82, 2.24) is 5.32 Å². The fourth-order valence-corrected chi connectivity index (χ4v) is 3.32. The van der Waals surface area contributed by atoms with Crippen molar-refractivity contribution >= 4 is 21.6 Å². The number of hydrogen-bond donors (Lipinski definition) is 2. The predicted octanol–water partition coefficient (Wildman–Crippen LogP) is 2.83. The summed E-state index contributed by atoms with van der Waals surface area (Å²) in [5, 5.41) is 2.85. The fraction of sp³-hybridized carbons (Fsp3) is 0.235. The van der Waals surface area contributed by atoms with Gasteiger partial charge in [-0.15, -0.1) is 0 Å². The minimum absolute atomic E-state index is 0.0154. The van der Waals surface area contributed by atoms with Crippen LogP contribution in [0.2, 0.25) is 0 Å². The number of hydrogen-bond acceptors (Lipinski definition) is 3. The molecule has 0 unspecified atom stereocenters. The van der Waals surface area contributed by atoms with Gasteiger partial charge in [0, 0.05) is 17.3 Å². The maximum Gasteiger partial charge on any atom is 0.261 e. The van der Waals surface area contributed by atoms with E-state index in [2.05, 4.69) is 10.0 Å². The highest BCUT2D eigenvalue weighted by atomic mass is 32.2. The molecular weight excluding hydrogens is 331 g/mol. The number of halogens is 1. The normalized spacial score (nSPS) is 14.2. The van der Waals surface area contributed by atoms with Gasteiger partial charge >= 0.3 is 0 Å². The molecule has 24 heavy (non-hydrogen) atoms. The summed E-state index contributed by atoms with van der Waals surface area (Å²) >= 11 is 0. The van der Waals surface area contributed by atoms with Gasteiger partial charge in [-0.05, 0) is 61.7 Å². The number of benzene rings is 2. The van der Waals surface area contributed by atoms with Crippen molar-refractivity contribution in [1.29, 1.82) is 0 Å². The Morgan fingerprint density at radius 2 is 1.79 bits per heavy atom. The van der Waals surface area contributed by atoms with E-state index in [-0.39, 0.29) is 22.5 Å². The highest BCUT2D eigenvalue weighted by Crippen LogP contribution is 2.22. The topological polar surface area (TPSA) is 75.3 Å². The van der Waals surface area contributed by atoms with Crippen LogP contribution in [0.15, 0.2) is 47.4 Å². The first-order valence-electron chi connectivity index (χ1n) is 7.55. The third kappa shape index (κ3) is 3.73. The van der Waals surface area contributed by atoms with Crippen LogP contribution in [0.1, 0.15) is 28.8 Å². The second-order valence-electron chi connectivity index (χ2n) is 5.84. The molecule has 0 aromatic heterocycles. The highest BCUT2D eigenvalue weighted by Gasteiger charge is 2.25. The van der Waals surface area contributed by atoms with E-state index in [1.165, 1.54) is 36.4 Å². The van der Waals surface area contributed by atoms with Crippen LogP contribution < -0.4 is 10.0 Å². The lowest BCUT2D eigenvalue weighted by Gasteiger charge is -2.11. The lowest BCUT2D eigenvalue weighted by molar-refractivity contribution is 0.0950. The number of aryl methyl sites for hydroxylation is 1. The average Bonchev–Trinajstić information content (AvgIpc) is 3.33. The maximum atomic E-state index is 12.9. The Morgan fingerprint density at radius 1 is 1.12 bits per heavy atom. The molecule has 1 aliphatic rings. The SMILES string of the molecule is Cc1ccc(S(=O)(=O)Nc2ccc(F)cc2)cc1C(=O)NC1CC1. The molecule has 2 N–H and O–H groups in total. The predicted molar refractivity (Wildman–Crippen MR) is 88.9 cm³/mol. The minimum atomic E-state index is -3.86. The van der Waals surface area contributed by atoms with Gasteiger partial charge in [-0.2, -0.15) is 0 Å². The molecule has 1 aliphatic carbocycles. The molecule has 1 saturated carbocycles. The van der Waals surface area contributed by atoms with E-state index in [0.29, 0.717) is 11.1 Å². The van der Waals surface area contributed by atoms with Gasteiger partial charge in [0.15, 0.2) is 0 Å². The molecule has 5 nitrogen and oxygen atoms in total. The van der Waals surface area contributed by atoms with E-state index in [9.17, 15) is 17.6 Å². The molecule has 0 radical (unpaired) electrons. The van der Waals surface area contributed by atoms with Gasteiger partial charge in [0.25, 0.3) is 15.9 Å². The van der Waals surface area contributed by atoms with Gasteiger partial charge < -0.3 is 5.32 Å². The fourth-order valence-electron chi connectivity index (χ4n) is 2.24. The Balaban J connectivity index is 1.86. The number of rotatable bonds is 5. The van der Waals surface area contributed by atoms with Crippen molar-refractivity contribution in [2.75, 3.05) is 4.72 Å².